The van der Waals surface area contributed by atoms with E-state index in [1.807, 2.05) is 6.07 Å². The zero-order valence-corrected chi connectivity index (χ0v) is 35.8. The van der Waals surface area contributed by atoms with E-state index >= 15 is 0 Å². The van der Waals surface area contributed by atoms with Crippen LogP contribution < -0.4 is 0 Å². The summed E-state index contributed by atoms with van der Waals surface area (Å²) in [7, 11) is 0. The van der Waals surface area contributed by atoms with E-state index in [1.54, 1.807) is 0 Å². The lowest BCUT2D eigenvalue weighted by molar-refractivity contribution is 0.563. The molecule has 64 heavy (non-hydrogen) atoms. The lowest BCUT2D eigenvalue weighted by atomic mass is 9.55. The number of benzene rings is 9. The summed E-state index contributed by atoms with van der Waals surface area (Å²) in [6.45, 7) is 4.79. The highest BCUT2D eigenvalue weighted by Crippen LogP contribution is 2.62. The highest BCUT2D eigenvalue weighted by molar-refractivity contribution is 5.89. The third-order valence-corrected chi connectivity index (χ3v) is 13.8. The molecule has 0 unspecified atom stereocenters. The minimum Gasteiger partial charge on any atom is -0.228 e. The first kappa shape index (κ1) is 37.8. The van der Waals surface area contributed by atoms with Gasteiger partial charge in [0.05, 0.1) is 16.8 Å². The van der Waals surface area contributed by atoms with Gasteiger partial charge in [-0.2, -0.15) is 0 Å². The third kappa shape index (κ3) is 5.94. The maximum Gasteiger partial charge on any atom is 0.160 e. The Labute approximate surface area is 375 Å². The predicted octanol–water partition coefficient (Wildman–Crippen LogP) is 15.5. The fraction of sp³-hybridized carbons (Fsp3) is 0.0645. The van der Waals surface area contributed by atoms with Crippen LogP contribution in [0.15, 0.2) is 231 Å². The molecule has 2 heteroatoms. The van der Waals surface area contributed by atoms with Gasteiger partial charge in [0.25, 0.3) is 0 Å². The second kappa shape index (κ2) is 14.9. The van der Waals surface area contributed by atoms with Crippen LogP contribution in [0.25, 0.3) is 78.4 Å². The molecule has 0 saturated heterocycles. The van der Waals surface area contributed by atoms with E-state index in [0.717, 1.165) is 33.6 Å². The van der Waals surface area contributed by atoms with Crippen LogP contribution in [0.2, 0.25) is 0 Å². The van der Waals surface area contributed by atoms with Crippen molar-refractivity contribution < 1.29 is 0 Å². The van der Waals surface area contributed by atoms with Gasteiger partial charge < -0.3 is 0 Å². The number of fused-ring (bicyclic) bond motifs is 9. The average molecular weight is 817 g/mol. The molecule has 1 spiro atoms. The van der Waals surface area contributed by atoms with Gasteiger partial charge in [0.2, 0.25) is 0 Å². The van der Waals surface area contributed by atoms with Crippen LogP contribution in [-0.2, 0) is 10.8 Å². The molecule has 0 bridgehead atoms. The molecular formula is C62H44N2. The van der Waals surface area contributed by atoms with E-state index in [2.05, 4.69) is 238 Å². The van der Waals surface area contributed by atoms with Gasteiger partial charge in [-0.1, -0.05) is 232 Å². The van der Waals surface area contributed by atoms with Gasteiger partial charge in [0.1, 0.15) is 0 Å². The molecule has 2 nitrogen and oxygen atoms in total. The quantitative estimate of drug-likeness (QED) is 0.167. The molecule has 0 N–H and O–H groups in total. The number of hydrogen-bond acceptors (Lipinski definition) is 2. The number of nitrogens with zero attached hydrogens (tertiary/aromatic N) is 2. The molecule has 12 rings (SSSR count). The van der Waals surface area contributed by atoms with Crippen LogP contribution in [0.3, 0.4) is 0 Å². The Kier molecular flexibility index (Phi) is 8.77. The fourth-order valence-electron chi connectivity index (χ4n) is 10.6. The number of rotatable bonds is 6. The van der Waals surface area contributed by atoms with Gasteiger partial charge in [-0.25, -0.2) is 9.97 Å². The Balaban J connectivity index is 0.949. The van der Waals surface area contributed by atoms with E-state index in [-0.39, 0.29) is 5.41 Å². The first-order chi connectivity index (χ1) is 31.5. The average Bonchev–Trinajstić information content (AvgIpc) is 3.67. The monoisotopic (exact) mass is 816 g/mol. The summed E-state index contributed by atoms with van der Waals surface area (Å²) in [6, 6.07) is 83.8. The third-order valence-electron chi connectivity index (χ3n) is 13.8. The zero-order chi connectivity index (χ0) is 42.8. The normalized spacial score (nSPS) is 13.7. The van der Waals surface area contributed by atoms with Crippen molar-refractivity contribution in [2.75, 3.05) is 0 Å². The highest BCUT2D eigenvalue weighted by atomic mass is 14.9. The largest absolute Gasteiger partial charge is 0.228 e. The lowest BCUT2D eigenvalue weighted by Gasteiger charge is -2.46. The highest BCUT2D eigenvalue weighted by Gasteiger charge is 2.53. The standard InChI is InChI=1S/C62H44N2/c1-61(2)54-23-13-14-24-55(54)62(52-21-11-9-19-50(52)51-20-10-12-22-53(51)62)56-38-37-49(39-57(56)61)45-27-33-47(34-28-45)59-40-58(46-31-25-43(26-32-46)41-15-5-3-6-16-41)63-60(64-59)48-35-29-44(30-36-48)42-17-7-4-8-18-42/h3-40H,1-2H3. The summed E-state index contributed by atoms with van der Waals surface area (Å²) in [4.78, 5) is 10.4. The van der Waals surface area contributed by atoms with Gasteiger partial charge in [-0.05, 0) is 90.0 Å². The van der Waals surface area contributed by atoms with Crippen molar-refractivity contribution in [1.82, 2.24) is 9.97 Å². The molecule has 10 aromatic rings. The van der Waals surface area contributed by atoms with Crippen molar-refractivity contribution in [2.24, 2.45) is 0 Å². The van der Waals surface area contributed by atoms with Gasteiger partial charge in [0.15, 0.2) is 5.82 Å². The first-order valence-corrected chi connectivity index (χ1v) is 22.2. The zero-order valence-electron chi connectivity index (χ0n) is 35.8. The molecule has 0 fully saturated rings. The van der Waals surface area contributed by atoms with Crippen LogP contribution in [-0.4, -0.2) is 9.97 Å². The Morgan fingerprint density at radius 3 is 1.14 bits per heavy atom. The van der Waals surface area contributed by atoms with E-state index in [9.17, 15) is 0 Å². The van der Waals surface area contributed by atoms with E-state index in [4.69, 9.17) is 9.97 Å². The smallest absolute Gasteiger partial charge is 0.160 e. The topological polar surface area (TPSA) is 25.8 Å². The Bertz CT molecular complexity index is 3220. The van der Waals surface area contributed by atoms with Crippen LogP contribution >= 0.6 is 0 Å². The fourth-order valence-corrected chi connectivity index (χ4v) is 10.6. The molecule has 0 radical (unpaired) electrons. The molecule has 2 aliphatic rings. The predicted molar refractivity (Wildman–Crippen MR) is 264 cm³/mol. The van der Waals surface area contributed by atoms with E-state index in [1.165, 1.54) is 72.3 Å². The first-order valence-electron chi connectivity index (χ1n) is 22.2. The van der Waals surface area contributed by atoms with Gasteiger partial charge >= 0.3 is 0 Å². The second-order valence-corrected chi connectivity index (χ2v) is 17.7. The van der Waals surface area contributed by atoms with Crippen molar-refractivity contribution in [2.45, 2.75) is 24.7 Å². The van der Waals surface area contributed by atoms with Crippen molar-refractivity contribution >= 4 is 0 Å². The SMILES string of the molecule is CC1(C)c2ccccc2C2(c3ccccc3-c3ccccc32)c2ccc(-c3ccc(-c4cc(-c5ccc(-c6ccccc6)cc5)nc(-c5ccc(-c6ccccc6)cc5)n4)cc3)cc21. The summed E-state index contributed by atoms with van der Waals surface area (Å²) in [6.07, 6.45) is 0. The van der Waals surface area contributed by atoms with Crippen molar-refractivity contribution in [3.63, 3.8) is 0 Å². The molecule has 0 aliphatic heterocycles. The van der Waals surface area contributed by atoms with Crippen molar-refractivity contribution in [1.29, 1.82) is 0 Å². The van der Waals surface area contributed by atoms with Crippen molar-refractivity contribution in [3.8, 4) is 78.4 Å². The van der Waals surface area contributed by atoms with Crippen LogP contribution in [0, 0.1) is 0 Å². The molecule has 1 heterocycles. The molecule has 302 valence electrons. The maximum absolute atomic E-state index is 5.23. The van der Waals surface area contributed by atoms with Gasteiger partial charge in [-0.15, -0.1) is 0 Å². The molecule has 0 atom stereocenters. The summed E-state index contributed by atoms with van der Waals surface area (Å²) < 4.78 is 0. The molecule has 2 aliphatic carbocycles. The van der Waals surface area contributed by atoms with Crippen LogP contribution in [0.4, 0.5) is 0 Å². The summed E-state index contributed by atoms with van der Waals surface area (Å²) in [5, 5.41) is 0. The second-order valence-electron chi connectivity index (χ2n) is 17.7. The number of hydrogen-bond donors (Lipinski definition) is 0. The van der Waals surface area contributed by atoms with Gasteiger partial charge in [-0.3, -0.25) is 0 Å². The van der Waals surface area contributed by atoms with Gasteiger partial charge in [0, 0.05) is 22.1 Å². The Morgan fingerprint density at radius 2 is 0.625 bits per heavy atom. The molecular weight excluding hydrogens is 773 g/mol. The number of aromatic nitrogens is 2. The molecule has 0 amide bonds. The lowest BCUT2D eigenvalue weighted by Crippen LogP contribution is -2.40. The van der Waals surface area contributed by atoms with Crippen LogP contribution in [0.5, 0.6) is 0 Å². The summed E-state index contributed by atoms with van der Waals surface area (Å²) in [5.41, 5.74) is 22.2. The minimum atomic E-state index is -0.400. The van der Waals surface area contributed by atoms with E-state index < -0.39 is 5.41 Å². The summed E-state index contributed by atoms with van der Waals surface area (Å²) >= 11 is 0. The summed E-state index contributed by atoms with van der Waals surface area (Å²) in [5.74, 6) is 0.699. The Hall–Kier alpha value is -7.94. The van der Waals surface area contributed by atoms with Crippen LogP contribution in [0.1, 0.15) is 47.2 Å². The molecule has 1 aromatic heterocycles. The molecule has 0 saturated carbocycles. The van der Waals surface area contributed by atoms with Crippen molar-refractivity contribution in [3.05, 3.63) is 264 Å². The van der Waals surface area contributed by atoms with E-state index in [0.29, 0.717) is 5.82 Å². The Morgan fingerprint density at radius 1 is 0.266 bits per heavy atom. The maximum atomic E-state index is 5.23. The molecule has 9 aromatic carbocycles. The minimum absolute atomic E-state index is 0.216.